The van der Waals surface area contributed by atoms with E-state index in [4.69, 9.17) is 0 Å². The number of hydrogen-bond acceptors (Lipinski definition) is 2. The van der Waals surface area contributed by atoms with Gasteiger partial charge in [0.25, 0.3) is 0 Å². The Morgan fingerprint density at radius 3 is 2.55 bits per heavy atom. The van der Waals surface area contributed by atoms with Gasteiger partial charge in [-0.3, -0.25) is 4.68 Å². The molecule has 0 bridgehead atoms. The zero-order valence-corrected chi connectivity index (χ0v) is 11.2. The average Bonchev–Trinajstić information content (AvgIpc) is 2.73. The highest BCUT2D eigenvalue weighted by atomic mass is 19.2. The van der Waals surface area contributed by atoms with Crippen LogP contribution in [0.3, 0.4) is 0 Å². The van der Waals surface area contributed by atoms with E-state index in [-0.39, 0.29) is 6.04 Å². The van der Waals surface area contributed by atoms with Crippen molar-refractivity contribution in [1.82, 2.24) is 15.1 Å². The lowest BCUT2D eigenvalue weighted by atomic mass is 9.97. The number of fused-ring (bicyclic) bond motifs is 1. The Labute approximate surface area is 114 Å². The highest BCUT2D eigenvalue weighted by Gasteiger charge is 2.25. The van der Waals surface area contributed by atoms with Crippen LogP contribution in [0, 0.1) is 17.5 Å². The van der Waals surface area contributed by atoms with Crippen LogP contribution < -0.4 is 5.32 Å². The van der Waals surface area contributed by atoms with E-state index in [0.717, 1.165) is 36.4 Å². The molecule has 1 aromatic carbocycles. The topological polar surface area (TPSA) is 29.9 Å². The highest BCUT2D eigenvalue weighted by molar-refractivity contribution is 5.65. The molecule has 1 aromatic heterocycles. The lowest BCUT2D eigenvalue weighted by Crippen LogP contribution is -2.27. The van der Waals surface area contributed by atoms with Crippen LogP contribution >= 0.6 is 0 Å². The van der Waals surface area contributed by atoms with Gasteiger partial charge < -0.3 is 5.32 Å². The fraction of sp³-hybridized carbons (Fsp3) is 0.357. The van der Waals surface area contributed by atoms with Gasteiger partial charge in [0.05, 0.1) is 11.4 Å². The molecule has 0 amide bonds. The molecule has 106 valence electrons. The minimum absolute atomic E-state index is 0.0915. The Morgan fingerprint density at radius 1 is 1.25 bits per heavy atom. The molecule has 1 aliphatic rings. The summed E-state index contributed by atoms with van der Waals surface area (Å²) in [5.74, 6) is -3.81. The number of hydrogen-bond donors (Lipinski definition) is 1. The first kappa shape index (κ1) is 13.2. The zero-order valence-electron chi connectivity index (χ0n) is 11.2. The van der Waals surface area contributed by atoms with Crippen LogP contribution in [0.4, 0.5) is 13.2 Å². The molecule has 0 radical (unpaired) electrons. The Hall–Kier alpha value is -1.82. The molecule has 0 spiro atoms. The minimum atomic E-state index is -1.44. The second-order valence-electron chi connectivity index (χ2n) is 5.02. The number of nitrogens with one attached hydrogen (secondary N) is 1. The van der Waals surface area contributed by atoms with Gasteiger partial charge in [-0.05, 0) is 32.0 Å². The lowest BCUT2D eigenvalue weighted by Gasteiger charge is -2.19. The van der Waals surface area contributed by atoms with Crippen LogP contribution in [0.25, 0.3) is 11.3 Å². The lowest BCUT2D eigenvalue weighted by molar-refractivity contribution is 0.447. The van der Waals surface area contributed by atoms with Crippen molar-refractivity contribution >= 4 is 0 Å². The van der Waals surface area contributed by atoms with Gasteiger partial charge in [0, 0.05) is 24.2 Å². The Balaban J connectivity index is 2.20. The van der Waals surface area contributed by atoms with Crippen molar-refractivity contribution in [3.63, 3.8) is 0 Å². The third kappa shape index (κ3) is 1.91. The maximum atomic E-state index is 13.4. The van der Waals surface area contributed by atoms with E-state index in [0.29, 0.717) is 11.3 Å². The van der Waals surface area contributed by atoms with Gasteiger partial charge in [-0.1, -0.05) is 0 Å². The van der Waals surface area contributed by atoms with E-state index in [1.54, 1.807) is 11.7 Å². The first-order chi connectivity index (χ1) is 9.49. The normalized spacial score (nSPS) is 18.1. The maximum absolute atomic E-state index is 13.4. The second kappa shape index (κ2) is 4.63. The molecule has 1 N–H and O–H groups in total. The van der Waals surface area contributed by atoms with Crippen LogP contribution in [0.1, 0.15) is 24.2 Å². The summed E-state index contributed by atoms with van der Waals surface area (Å²) in [7, 11) is 1.72. The number of rotatable bonds is 1. The summed E-state index contributed by atoms with van der Waals surface area (Å²) in [5, 5.41) is 7.68. The zero-order chi connectivity index (χ0) is 14.4. The van der Waals surface area contributed by atoms with Crippen molar-refractivity contribution in [2.24, 2.45) is 7.05 Å². The fourth-order valence-electron chi connectivity index (χ4n) is 2.75. The highest BCUT2D eigenvalue weighted by Crippen LogP contribution is 2.32. The average molecular weight is 281 g/mol. The summed E-state index contributed by atoms with van der Waals surface area (Å²) in [5.41, 5.74) is 2.79. The van der Waals surface area contributed by atoms with E-state index < -0.39 is 17.5 Å². The molecule has 2 heterocycles. The molecular formula is C14H14F3N3. The first-order valence-electron chi connectivity index (χ1n) is 6.43. The SMILES string of the molecule is C[C@@H]1NCCc2c1nn(C)c2-c1cc(F)c(F)c(F)c1. The van der Waals surface area contributed by atoms with Crippen molar-refractivity contribution in [2.45, 2.75) is 19.4 Å². The smallest absolute Gasteiger partial charge is 0.194 e. The molecule has 3 nitrogen and oxygen atoms in total. The Kier molecular flexibility index (Phi) is 3.05. The molecule has 3 rings (SSSR count). The molecule has 20 heavy (non-hydrogen) atoms. The predicted octanol–water partition coefficient (Wildman–Crippen LogP) is 2.71. The standard InChI is InChI=1S/C14H14F3N3/c1-7-13-9(3-4-18-7)14(20(2)19-13)8-5-10(15)12(17)11(16)6-8/h5-7,18H,3-4H2,1-2H3/t7-/m0/s1. The molecule has 0 unspecified atom stereocenters. The largest absolute Gasteiger partial charge is 0.308 e. The van der Waals surface area contributed by atoms with Gasteiger partial charge in [-0.25, -0.2) is 13.2 Å². The van der Waals surface area contributed by atoms with E-state index in [1.165, 1.54) is 0 Å². The van der Waals surface area contributed by atoms with E-state index in [2.05, 4.69) is 10.4 Å². The van der Waals surface area contributed by atoms with Gasteiger partial charge in [-0.15, -0.1) is 0 Å². The summed E-state index contributed by atoms with van der Waals surface area (Å²) >= 11 is 0. The van der Waals surface area contributed by atoms with Crippen LogP contribution in [-0.4, -0.2) is 16.3 Å². The summed E-state index contributed by atoms with van der Waals surface area (Å²) in [6.07, 6.45) is 0.726. The molecule has 2 aromatic rings. The number of aryl methyl sites for hydroxylation is 1. The molecule has 1 aliphatic heterocycles. The molecular weight excluding hydrogens is 267 g/mol. The van der Waals surface area contributed by atoms with E-state index in [9.17, 15) is 13.2 Å². The van der Waals surface area contributed by atoms with Crippen molar-refractivity contribution in [3.05, 3.63) is 40.8 Å². The van der Waals surface area contributed by atoms with Crippen LogP contribution in [0.5, 0.6) is 0 Å². The Bertz CT molecular complexity index is 656. The van der Waals surface area contributed by atoms with Crippen LogP contribution in [0.2, 0.25) is 0 Å². The molecule has 0 fully saturated rings. The number of nitrogens with zero attached hydrogens (tertiary/aromatic N) is 2. The van der Waals surface area contributed by atoms with Crippen LogP contribution in [-0.2, 0) is 13.5 Å². The molecule has 0 saturated carbocycles. The number of benzene rings is 1. The van der Waals surface area contributed by atoms with Gasteiger partial charge >= 0.3 is 0 Å². The van der Waals surface area contributed by atoms with E-state index in [1.807, 2.05) is 6.92 Å². The molecule has 6 heteroatoms. The quantitative estimate of drug-likeness (QED) is 0.815. The van der Waals surface area contributed by atoms with Gasteiger partial charge in [0.15, 0.2) is 17.5 Å². The minimum Gasteiger partial charge on any atom is -0.308 e. The monoisotopic (exact) mass is 281 g/mol. The number of halogens is 3. The third-order valence-corrected chi connectivity index (χ3v) is 3.67. The summed E-state index contributed by atoms with van der Waals surface area (Å²) in [6, 6.07) is 2.12. The molecule has 1 atom stereocenters. The molecule has 0 aliphatic carbocycles. The van der Waals surface area contributed by atoms with Crippen LogP contribution in [0.15, 0.2) is 12.1 Å². The van der Waals surface area contributed by atoms with Gasteiger partial charge in [0.1, 0.15) is 0 Å². The van der Waals surface area contributed by atoms with Crippen molar-refractivity contribution in [2.75, 3.05) is 6.54 Å². The fourth-order valence-corrected chi connectivity index (χ4v) is 2.75. The summed E-state index contributed by atoms with van der Waals surface area (Å²) in [4.78, 5) is 0. The van der Waals surface area contributed by atoms with Crippen molar-refractivity contribution in [3.8, 4) is 11.3 Å². The second-order valence-corrected chi connectivity index (χ2v) is 5.02. The van der Waals surface area contributed by atoms with E-state index >= 15 is 0 Å². The summed E-state index contributed by atoms with van der Waals surface area (Å²) < 4.78 is 41.5. The predicted molar refractivity (Wildman–Crippen MR) is 68.6 cm³/mol. The van der Waals surface area contributed by atoms with Gasteiger partial charge in [0.2, 0.25) is 0 Å². The molecule has 0 saturated heterocycles. The third-order valence-electron chi connectivity index (χ3n) is 3.67. The van der Waals surface area contributed by atoms with Gasteiger partial charge in [-0.2, -0.15) is 5.10 Å². The van der Waals surface area contributed by atoms with Crippen molar-refractivity contribution in [1.29, 1.82) is 0 Å². The maximum Gasteiger partial charge on any atom is 0.194 e. The van der Waals surface area contributed by atoms with Crippen molar-refractivity contribution < 1.29 is 13.2 Å². The first-order valence-corrected chi connectivity index (χ1v) is 6.43. The number of aromatic nitrogens is 2. The summed E-state index contributed by atoms with van der Waals surface area (Å²) in [6.45, 7) is 2.76. The Morgan fingerprint density at radius 2 is 1.90 bits per heavy atom.